The summed E-state index contributed by atoms with van der Waals surface area (Å²) in [5, 5.41) is 5.30. The summed E-state index contributed by atoms with van der Waals surface area (Å²) in [7, 11) is 0. The summed E-state index contributed by atoms with van der Waals surface area (Å²) in [5.74, 6) is -1.59. The molecule has 6 nitrogen and oxygen atoms in total. The van der Waals surface area contributed by atoms with Crippen LogP contribution in [0, 0.1) is 12.7 Å². The second-order valence-electron chi connectivity index (χ2n) is 5.65. The summed E-state index contributed by atoms with van der Waals surface area (Å²) >= 11 is 1.23. The Labute approximate surface area is 147 Å². The molecule has 0 aliphatic heterocycles. The third-order valence-electron chi connectivity index (χ3n) is 3.74. The van der Waals surface area contributed by atoms with Gasteiger partial charge in [-0.25, -0.2) is 9.18 Å². The molecule has 0 radical (unpaired) electrons. The van der Waals surface area contributed by atoms with Gasteiger partial charge >= 0.3 is 5.97 Å². The van der Waals surface area contributed by atoms with Crippen molar-refractivity contribution in [2.75, 3.05) is 0 Å². The van der Waals surface area contributed by atoms with Crippen molar-refractivity contribution in [3.8, 4) is 0 Å². The van der Waals surface area contributed by atoms with Crippen LogP contribution in [0.15, 0.2) is 30.3 Å². The van der Waals surface area contributed by atoms with Gasteiger partial charge in [-0.1, -0.05) is 12.1 Å². The molecular formula is C17H16FN3O3S. The first-order valence-electron chi connectivity index (χ1n) is 7.57. The molecule has 2 aromatic heterocycles. The predicted molar refractivity (Wildman–Crippen MR) is 91.9 cm³/mol. The molecule has 0 unspecified atom stereocenters. The van der Waals surface area contributed by atoms with E-state index in [1.165, 1.54) is 30.4 Å². The van der Waals surface area contributed by atoms with E-state index in [-0.39, 0.29) is 5.82 Å². The Bertz CT molecular complexity index is 946. The number of aromatic nitrogens is 2. The lowest BCUT2D eigenvalue weighted by molar-refractivity contribution is -0.125. The molecule has 2 heterocycles. The number of amides is 1. The van der Waals surface area contributed by atoms with E-state index < -0.39 is 18.0 Å². The van der Waals surface area contributed by atoms with Crippen LogP contribution < -0.4 is 5.73 Å². The summed E-state index contributed by atoms with van der Waals surface area (Å²) in [6.07, 6.45) is -0.991. The number of ether oxygens (including phenoxy) is 1. The number of halogens is 1. The molecule has 0 spiro atoms. The van der Waals surface area contributed by atoms with Gasteiger partial charge in [0, 0.05) is 5.39 Å². The number of thiophene rings is 1. The van der Waals surface area contributed by atoms with E-state index in [0.29, 0.717) is 11.4 Å². The number of carbonyl (C=O) groups excluding carboxylic acids is 2. The molecule has 8 heteroatoms. The monoisotopic (exact) mass is 361 g/mol. The largest absolute Gasteiger partial charge is 0.448 e. The Hall–Kier alpha value is -2.74. The van der Waals surface area contributed by atoms with Crippen LogP contribution in [-0.4, -0.2) is 27.8 Å². The van der Waals surface area contributed by atoms with E-state index in [2.05, 4.69) is 5.10 Å². The predicted octanol–water partition coefficient (Wildman–Crippen LogP) is 2.62. The molecule has 0 saturated heterocycles. The number of benzene rings is 1. The highest BCUT2D eigenvalue weighted by atomic mass is 32.1. The van der Waals surface area contributed by atoms with E-state index in [9.17, 15) is 14.0 Å². The average molecular weight is 361 g/mol. The second kappa shape index (κ2) is 6.64. The highest BCUT2D eigenvalue weighted by molar-refractivity contribution is 7.20. The van der Waals surface area contributed by atoms with Crippen LogP contribution in [-0.2, 0) is 16.1 Å². The van der Waals surface area contributed by atoms with Crippen molar-refractivity contribution < 1.29 is 18.7 Å². The zero-order chi connectivity index (χ0) is 18.1. The molecule has 3 aromatic rings. The Balaban J connectivity index is 1.89. The van der Waals surface area contributed by atoms with Gasteiger partial charge in [-0.3, -0.25) is 9.48 Å². The van der Waals surface area contributed by atoms with Gasteiger partial charge in [0.1, 0.15) is 15.5 Å². The van der Waals surface area contributed by atoms with Crippen molar-refractivity contribution in [2.24, 2.45) is 5.73 Å². The van der Waals surface area contributed by atoms with Gasteiger partial charge in [0.2, 0.25) is 0 Å². The SMILES string of the molecule is Cc1nn(Cc2ccc(F)cc2)c2sc(C(=O)O[C@@H](C)C(N)=O)cc12. The molecule has 3 rings (SSSR count). The quantitative estimate of drug-likeness (QED) is 0.708. The van der Waals surface area contributed by atoms with Gasteiger partial charge in [-0.05, 0) is 37.6 Å². The first kappa shape index (κ1) is 17.1. The molecular weight excluding hydrogens is 345 g/mol. The zero-order valence-corrected chi connectivity index (χ0v) is 14.5. The van der Waals surface area contributed by atoms with Gasteiger partial charge in [0.05, 0.1) is 12.2 Å². The third kappa shape index (κ3) is 3.53. The molecule has 130 valence electrons. The molecule has 0 fully saturated rings. The lowest BCUT2D eigenvalue weighted by Crippen LogP contribution is -2.30. The number of carbonyl (C=O) groups is 2. The minimum absolute atomic E-state index is 0.296. The minimum atomic E-state index is -0.991. The Kier molecular flexibility index (Phi) is 4.54. The summed E-state index contributed by atoms with van der Waals surface area (Å²) < 4.78 is 19.8. The minimum Gasteiger partial charge on any atom is -0.448 e. The summed E-state index contributed by atoms with van der Waals surface area (Å²) in [6, 6.07) is 7.86. The molecule has 0 bridgehead atoms. The number of rotatable bonds is 5. The normalized spacial score (nSPS) is 12.3. The van der Waals surface area contributed by atoms with Crippen molar-refractivity contribution in [1.29, 1.82) is 0 Å². The Morgan fingerprint density at radius 3 is 2.68 bits per heavy atom. The maximum atomic E-state index is 13.0. The fourth-order valence-corrected chi connectivity index (χ4v) is 3.40. The highest BCUT2D eigenvalue weighted by Gasteiger charge is 2.21. The fourth-order valence-electron chi connectivity index (χ4n) is 2.36. The van der Waals surface area contributed by atoms with Crippen molar-refractivity contribution in [3.05, 3.63) is 52.3 Å². The summed E-state index contributed by atoms with van der Waals surface area (Å²) in [5.41, 5.74) is 6.78. The maximum absolute atomic E-state index is 13.0. The molecule has 1 aromatic carbocycles. The molecule has 1 atom stereocenters. The molecule has 0 saturated carbocycles. The van der Waals surface area contributed by atoms with Crippen LogP contribution in [0.2, 0.25) is 0 Å². The number of nitrogens with two attached hydrogens (primary N) is 1. The van der Waals surface area contributed by atoms with Crippen LogP contribution in [0.25, 0.3) is 10.2 Å². The average Bonchev–Trinajstić information content (AvgIpc) is 3.11. The van der Waals surface area contributed by atoms with Gasteiger partial charge in [0.15, 0.2) is 6.10 Å². The number of hydrogen-bond donors (Lipinski definition) is 1. The number of primary amides is 1. The number of nitrogens with zero attached hydrogens (tertiary/aromatic N) is 2. The summed E-state index contributed by atoms with van der Waals surface area (Å²) in [6.45, 7) is 3.73. The maximum Gasteiger partial charge on any atom is 0.349 e. The Morgan fingerprint density at radius 2 is 2.04 bits per heavy atom. The smallest absolute Gasteiger partial charge is 0.349 e. The lowest BCUT2D eigenvalue weighted by Gasteiger charge is -2.07. The topological polar surface area (TPSA) is 87.2 Å². The van der Waals surface area contributed by atoms with Gasteiger partial charge in [-0.15, -0.1) is 11.3 Å². The molecule has 0 aliphatic carbocycles. The van der Waals surface area contributed by atoms with Crippen molar-refractivity contribution in [1.82, 2.24) is 9.78 Å². The van der Waals surface area contributed by atoms with Crippen LogP contribution in [0.4, 0.5) is 4.39 Å². The van der Waals surface area contributed by atoms with Crippen LogP contribution in [0.3, 0.4) is 0 Å². The first-order chi connectivity index (χ1) is 11.8. The lowest BCUT2D eigenvalue weighted by atomic mass is 10.2. The number of hydrogen-bond acceptors (Lipinski definition) is 5. The second-order valence-corrected chi connectivity index (χ2v) is 6.68. The fraction of sp³-hybridized carbons (Fsp3) is 0.235. The van der Waals surface area contributed by atoms with E-state index >= 15 is 0 Å². The molecule has 25 heavy (non-hydrogen) atoms. The van der Waals surface area contributed by atoms with Crippen LogP contribution in [0.1, 0.15) is 27.9 Å². The van der Waals surface area contributed by atoms with E-state index in [0.717, 1.165) is 21.5 Å². The number of aryl methyl sites for hydroxylation is 1. The first-order valence-corrected chi connectivity index (χ1v) is 8.38. The van der Waals surface area contributed by atoms with Gasteiger partial charge < -0.3 is 10.5 Å². The van der Waals surface area contributed by atoms with E-state index in [4.69, 9.17) is 10.5 Å². The number of fused-ring (bicyclic) bond motifs is 1. The van der Waals surface area contributed by atoms with Crippen molar-refractivity contribution in [3.63, 3.8) is 0 Å². The molecule has 0 aliphatic rings. The van der Waals surface area contributed by atoms with Gasteiger partial charge in [-0.2, -0.15) is 5.10 Å². The van der Waals surface area contributed by atoms with Crippen LogP contribution >= 0.6 is 11.3 Å². The van der Waals surface area contributed by atoms with Crippen LogP contribution in [0.5, 0.6) is 0 Å². The van der Waals surface area contributed by atoms with E-state index in [1.54, 1.807) is 22.9 Å². The van der Waals surface area contributed by atoms with Crippen molar-refractivity contribution in [2.45, 2.75) is 26.5 Å². The molecule has 1 amide bonds. The summed E-state index contributed by atoms with van der Waals surface area (Å²) in [4.78, 5) is 24.4. The standard InChI is InChI=1S/C17H16FN3O3S/c1-9-13-7-14(17(23)24-10(2)15(19)22)25-16(13)21(20-9)8-11-3-5-12(18)6-4-11/h3-7,10H,8H2,1-2H3,(H2,19,22)/t10-/m0/s1. The van der Waals surface area contributed by atoms with Gasteiger partial charge in [0.25, 0.3) is 5.91 Å². The highest BCUT2D eigenvalue weighted by Crippen LogP contribution is 2.29. The van der Waals surface area contributed by atoms with E-state index in [1.807, 2.05) is 6.92 Å². The Morgan fingerprint density at radius 1 is 1.36 bits per heavy atom. The van der Waals surface area contributed by atoms with Crippen molar-refractivity contribution >= 4 is 33.4 Å². The molecule has 2 N–H and O–H groups in total. The zero-order valence-electron chi connectivity index (χ0n) is 13.7. The third-order valence-corrected chi connectivity index (χ3v) is 4.87. The number of esters is 1.